The molecule has 0 aliphatic carbocycles. The van der Waals surface area contributed by atoms with Gasteiger partial charge in [-0.2, -0.15) is 0 Å². The molecule has 2 radical (unpaired) electrons. The van der Waals surface area contributed by atoms with Crippen molar-refractivity contribution in [2.75, 3.05) is 0 Å². The van der Waals surface area contributed by atoms with Crippen LogP contribution in [0.25, 0.3) is 0 Å². The summed E-state index contributed by atoms with van der Waals surface area (Å²) in [5, 5.41) is 0. The molecule has 6 nitrogen and oxygen atoms in total. The Kier molecular flexibility index (Phi) is 53200. The summed E-state index contributed by atoms with van der Waals surface area (Å²) in [6.07, 6.45) is 0. The van der Waals surface area contributed by atoms with Crippen LogP contribution < -0.4 is 0 Å². The van der Waals surface area contributed by atoms with Crippen molar-refractivity contribution in [1.29, 1.82) is 0 Å². The second kappa shape index (κ2) is 536. The van der Waals surface area contributed by atoms with E-state index in [1.807, 2.05) is 0 Å². The molecule has 0 aromatic carbocycles. The molecule has 0 saturated carbocycles. The predicted octanol–water partition coefficient (Wildman–Crippen LogP) is -1.07. The Bertz CT molecular complexity index is 6.49. The van der Waals surface area contributed by atoms with Crippen LogP contribution in [0.5, 0.6) is 0 Å². The zero-order valence-corrected chi connectivity index (χ0v) is 6.05. The van der Waals surface area contributed by atoms with Crippen molar-refractivity contribution in [2.24, 2.45) is 0 Å². The van der Waals surface area contributed by atoms with Gasteiger partial charge in [-0.3, -0.25) is 0 Å². The maximum absolute atomic E-state index is 0. The van der Waals surface area contributed by atoms with E-state index in [1.165, 1.54) is 0 Å². The van der Waals surface area contributed by atoms with E-state index in [0.717, 1.165) is 0 Å². The first-order chi connectivity index (χ1) is 0. The number of rotatable bonds is 0. The van der Waals surface area contributed by atoms with Crippen molar-refractivity contribution < 1.29 is 67.6 Å². The minimum Gasteiger partial charge on any atom is -0.870 e. The molecule has 8 heavy (non-hydrogen) atoms. The number of hydrogen-bond acceptors (Lipinski definition) is 6. The van der Waals surface area contributed by atoms with Crippen molar-refractivity contribution in [2.45, 2.75) is 0 Å². The molecule has 0 amide bonds. The summed E-state index contributed by atoms with van der Waals surface area (Å²) in [6, 6.07) is 0. The van der Waals surface area contributed by atoms with E-state index in [2.05, 4.69) is 0 Å². The first kappa shape index (κ1) is 794. The van der Waals surface area contributed by atoms with Crippen molar-refractivity contribution in [3.05, 3.63) is 0 Å². The number of hydrogen-bond donors (Lipinski definition) is 0. The third-order valence-electron chi connectivity index (χ3n) is 0. The fourth-order valence-electron chi connectivity index (χ4n) is 0. The Labute approximate surface area is 68.0 Å². The first-order valence-corrected chi connectivity index (χ1v) is 0. The van der Waals surface area contributed by atoms with E-state index in [-0.39, 0.29) is 67.6 Å². The Morgan fingerprint density at radius 2 is 0.250 bits per heavy atom. The SMILES string of the molecule is [Cr+3].[Cr+3].[OH-].[OH-].[OH-].[OH-].[OH-].[OH-]. The molecule has 0 aliphatic heterocycles. The van der Waals surface area contributed by atoms with Gasteiger partial charge in [-0.1, -0.05) is 0 Å². The Balaban J connectivity index is 0. The maximum Gasteiger partial charge on any atom is 3.00 e. The van der Waals surface area contributed by atoms with Gasteiger partial charge >= 0.3 is 34.7 Å². The monoisotopic (exact) mass is 206 g/mol. The molecule has 0 aromatic rings. The van der Waals surface area contributed by atoms with Crippen molar-refractivity contribution in [3.63, 3.8) is 0 Å². The quantitative estimate of drug-likeness (QED) is 0.486. The first-order valence-electron chi connectivity index (χ1n) is 0. The van der Waals surface area contributed by atoms with Crippen LogP contribution in [0.1, 0.15) is 0 Å². The van der Waals surface area contributed by atoms with Crippen LogP contribution in [0, 0.1) is 0 Å². The van der Waals surface area contributed by atoms with Gasteiger partial charge in [0.1, 0.15) is 0 Å². The molecule has 0 aromatic heterocycles. The topological polar surface area (TPSA) is 180 Å². The van der Waals surface area contributed by atoms with Crippen LogP contribution in [0.15, 0.2) is 0 Å². The largest absolute Gasteiger partial charge is 3.00 e. The van der Waals surface area contributed by atoms with Gasteiger partial charge < -0.3 is 32.9 Å². The van der Waals surface area contributed by atoms with Gasteiger partial charge in [-0.15, -0.1) is 0 Å². The van der Waals surface area contributed by atoms with Gasteiger partial charge in [-0.25, -0.2) is 0 Å². The summed E-state index contributed by atoms with van der Waals surface area (Å²) in [5.74, 6) is 0. The Morgan fingerprint density at radius 1 is 0.250 bits per heavy atom. The second-order valence-electron chi connectivity index (χ2n) is 0. The normalized spacial score (nSPS) is 0. The zero-order chi connectivity index (χ0) is 0. The van der Waals surface area contributed by atoms with E-state index in [9.17, 15) is 0 Å². The summed E-state index contributed by atoms with van der Waals surface area (Å²) in [5.41, 5.74) is 0. The van der Waals surface area contributed by atoms with E-state index < -0.39 is 0 Å². The molecule has 0 unspecified atom stereocenters. The molecular formula is H6Cr2O6. The molecular weight excluding hydrogens is 200 g/mol. The molecule has 0 rings (SSSR count). The average Bonchev–Trinajstić information content (AvgIpc) is 0. The second-order valence-corrected chi connectivity index (χ2v) is 0. The standard InChI is InChI=1S/2Cr.6H2O/h;;6*1H2/q2*+3;;;;;;/p-6. The minimum absolute atomic E-state index is 0. The van der Waals surface area contributed by atoms with Crippen LogP contribution in [0.3, 0.4) is 0 Å². The smallest absolute Gasteiger partial charge is 0.870 e. The summed E-state index contributed by atoms with van der Waals surface area (Å²) < 4.78 is 0. The van der Waals surface area contributed by atoms with Gasteiger partial charge in [0, 0.05) is 0 Å². The summed E-state index contributed by atoms with van der Waals surface area (Å²) >= 11 is 0. The molecule has 8 heteroatoms. The fourth-order valence-corrected chi connectivity index (χ4v) is 0. The van der Waals surface area contributed by atoms with Gasteiger partial charge in [0.05, 0.1) is 0 Å². The Hall–Kier alpha value is 0.825. The third-order valence-corrected chi connectivity index (χ3v) is 0. The van der Waals surface area contributed by atoms with Crippen molar-refractivity contribution in [1.82, 2.24) is 0 Å². The molecule has 54 valence electrons. The summed E-state index contributed by atoms with van der Waals surface area (Å²) in [4.78, 5) is 0. The molecule has 0 saturated heterocycles. The van der Waals surface area contributed by atoms with E-state index >= 15 is 0 Å². The maximum atomic E-state index is 0. The third kappa shape index (κ3) is 340. The Morgan fingerprint density at radius 3 is 0.250 bits per heavy atom. The van der Waals surface area contributed by atoms with Crippen LogP contribution in [0.4, 0.5) is 0 Å². The molecule has 0 atom stereocenters. The van der Waals surface area contributed by atoms with Crippen LogP contribution in [0.2, 0.25) is 0 Å². The molecule has 0 bridgehead atoms. The van der Waals surface area contributed by atoms with Gasteiger partial charge in [0.2, 0.25) is 0 Å². The van der Waals surface area contributed by atoms with Gasteiger partial charge in [-0.05, 0) is 0 Å². The predicted molar refractivity (Wildman–Crippen MR) is 11.6 cm³/mol. The molecule has 0 heterocycles. The summed E-state index contributed by atoms with van der Waals surface area (Å²) in [7, 11) is 0. The van der Waals surface area contributed by atoms with Crippen molar-refractivity contribution in [3.8, 4) is 0 Å². The van der Waals surface area contributed by atoms with Crippen LogP contribution in [-0.4, -0.2) is 32.9 Å². The van der Waals surface area contributed by atoms with Crippen LogP contribution >= 0.6 is 0 Å². The fraction of sp³-hybridized carbons (Fsp3) is 0. The molecule has 0 aliphatic rings. The van der Waals surface area contributed by atoms with Gasteiger partial charge in [0.25, 0.3) is 0 Å². The zero-order valence-electron chi connectivity index (χ0n) is 3.50. The van der Waals surface area contributed by atoms with Gasteiger partial charge in [0.15, 0.2) is 0 Å². The van der Waals surface area contributed by atoms with E-state index in [0.29, 0.717) is 0 Å². The average molecular weight is 206 g/mol. The van der Waals surface area contributed by atoms with Crippen LogP contribution in [-0.2, 0) is 34.7 Å². The molecule has 6 N–H and O–H groups in total. The summed E-state index contributed by atoms with van der Waals surface area (Å²) in [6.45, 7) is 0. The van der Waals surface area contributed by atoms with E-state index in [1.54, 1.807) is 0 Å². The minimum atomic E-state index is 0. The van der Waals surface area contributed by atoms with Crippen molar-refractivity contribution >= 4 is 0 Å². The molecule has 0 fully saturated rings. The molecule has 0 spiro atoms. The van der Waals surface area contributed by atoms with E-state index in [4.69, 9.17) is 0 Å².